The van der Waals surface area contributed by atoms with Gasteiger partial charge in [-0.2, -0.15) is 0 Å². The molecule has 1 amide bonds. The van der Waals surface area contributed by atoms with Crippen molar-refractivity contribution in [1.29, 1.82) is 0 Å². The van der Waals surface area contributed by atoms with Crippen molar-refractivity contribution in [3.63, 3.8) is 0 Å². The maximum atomic E-state index is 13.1. The lowest BCUT2D eigenvalue weighted by Crippen LogP contribution is -2.49. The van der Waals surface area contributed by atoms with Crippen LogP contribution >= 0.6 is 0 Å². The first kappa shape index (κ1) is 25.8. The highest BCUT2D eigenvalue weighted by Crippen LogP contribution is 2.43. The summed E-state index contributed by atoms with van der Waals surface area (Å²) in [6.07, 6.45) is 4.05. The number of halogens is 2. The minimum Gasteiger partial charge on any atom is -0.492 e. The molecule has 2 fully saturated rings. The van der Waals surface area contributed by atoms with Crippen LogP contribution in [-0.2, 0) is 9.39 Å². The summed E-state index contributed by atoms with van der Waals surface area (Å²) in [6, 6.07) is 3.17. The molecule has 2 heterocycles. The number of hydrogen-bond donors (Lipinski definition) is 1. The van der Waals surface area contributed by atoms with Crippen molar-refractivity contribution in [2.75, 3.05) is 25.1 Å². The van der Waals surface area contributed by atoms with Gasteiger partial charge in [0.2, 0.25) is 5.43 Å². The second-order valence-corrected chi connectivity index (χ2v) is 10.1. The van der Waals surface area contributed by atoms with Crippen LogP contribution in [-0.4, -0.2) is 55.9 Å². The van der Waals surface area contributed by atoms with Gasteiger partial charge in [-0.1, -0.05) is 0 Å². The number of nitrogens with one attached hydrogen (secondary N) is 1. The smallest absolute Gasteiger partial charge is 0.492 e. The van der Waals surface area contributed by atoms with Gasteiger partial charge >= 0.3 is 19.5 Å². The number of aromatic nitrogens is 1. The van der Waals surface area contributed by atoms with Gasteiger partial charge in [-0.25, -0.2) is 18.2 Å². The Balaban J connectivity index is 1.70. The van der Waals surface area contributed by atoms with E-state index in [1.165, 1.54) is 13.3 Å². The maximum Gasteiger partial charge on any atom is 0.798 e. The first-order chi connectivity index (χ1) is 17.0. The number of rotatable bonds is 6. The number of nitrogens with zero attached hydrogens (tertiary/aromatic N) is 2. The molecule has 0 unspecified atom stereocenters. The fraction of sp³-hybridized carbons (Fsp3) is 0.542. The fourth-order valence-corrected chi connectivity index (χ4v) is 4.58. The minimum atomic E-state index is -3.32. The molecule has 194 valence electrons. The Morgan fingerprint density at radius 3 is 2.50 bits per heavy atom. The van der Waals surface area contributed by atoms with Crippen LogP contribution in [0.1, 0.15) is 62.9 Å². The van der Waals surface area contributed by atoms with E-state index in [4.69, 9.17) is 9.47 Å². The lowest BCUT2D eigenvalue weighted by molar-refractivity contribution is 0.0499. The highest BCUT2D eigenvalue weighted by atomic mass is 19.2. The summed E-state index contributed by atoms with van der Waals surface area (Å²) in [7, 11) is -1.82. The van der Waals surface area contributed by atoms with Crippen molar-refractivity contribution in [3.8, 4) is 5.75 Å². The monoisotopic (exact) mass is 505 g/mol. The number of hydrogen-bond acceptors (Lipinski definition) is 7. The first-order valence-corrected chi connectivity index (χ1v) is 12.0. The molecular formula is C24H30BF2N3O6. The SMILES string of the molecule is COc1c(N2CCC[C@H](NC(=O)OC(C)(C)C)C2)ccc2c(=O)c(C(=O)OB(F)F)cn(C3CC3)c12. The Morgan fingerprint density at radius 2 is 1.89 bits per heavy atom. The second kappa shape index (κ2) is 9.98. The molecule has 1 N–H and O–H groups in total. The molecule has 0 spiro atoms. The van der Waals surface area contributed by atoms with Gasteiger partial charge < -0.3 is 28.9 Å². The topological polar surface area (TPSA) is 99.1 Å². The van der Waals surface area contributed by atoms with Gasteiger partial charge in [0.15, 0.2) is 5.75 Å². The predicted molar refractivity (Wildman–Crippen MR) is 131 cm³/mol. The molecule has 2 aromatic rings. The number of carbonyl (C=O) groups is 2. The second-order valence-electron chi connectivity index (χ2n) is 10.1. The van der Waals surface area contributed by atoms with Crippen molar-refractivity contribution in [1.82, 2.24) is 9.88 Å². The Hall–Kier alpha value is -3.31. The quantitative estimate of drug-likeness (QED) is 0.595. The molecule has 1 aromatic heterocycles. The van der Waals surface area contributed by atoms with Gasteiger partial charge in [0, 0.05) is 31.4 Å². The van der Waals surface area contributed by atoms with Gasteiger partial charge in [-0.15, -0.1) is 0 Å². The van der Waals surface area contributed by atoms with E-state index in [0.717, 1.165) is 31.4 Å². The number of methoxy groups -OCH3 is 1. The molecule has 1 saturated heterocycles. The molecular weight excluding hydrogens is 475 g/mol. The van der Waals surface area contributed by atoms with Crippen molar-refractivity contribution in [3.05, 3.63) is 34.1 Å². The Labute approximate surface area is 207 Å². The first-order valence-electron chi connectivity index (χ1n) is 12.0. The average molecular weight is 505 g/mol. The summed E-state index contributed by atoms with van der Waals surface area (Å²) in [5, 5.41) is 3.11. The van der Waals surface area contributed by atoms with E-state index < -0.39 is 36.1 Å². The molecule has 1 aromatic carbocycles. The molecule has 1 aliphatic heterocycles. The van der Waals surface area contributed by atoms with Crippen molar-refractivity contribution < 1.29 is 32.3 Å². The minimum absolute atomic E-state index is 0.0123. The fourth-order valence-electron chi connectivity index (χ4n) is 4.58. The third-order valence-corrected chi connectivity index (χ3v) is 6.17. The third-order valence-electron chi connectivity index (χ3n) is 6.17. The van der Waals surface area contributed by atoms with E-state index in [1.807, 2.05) is 0 Å². The zero-order valence-corrected chi connectivity index (χ0v) is 20.8. The van der Waals surface area contributed by atoms with Crippen molar-refractivity contribution in [2.24, 2.45) is 0 Å². The van der Waals surface area contributed by atoms with Crippen LogP contribution in [0.15, 0.2) is 23.1 Å². The van der Waals surface area contributed by atoms with Crippen molar-refractivity contribution >= 4 is 36.1 Å². The normalized spacial score (nSPS) is 18.1. The number of piperidine rings is 1. The van der Waals surface area contributed by atoms with E-state index in [0.29, 0.717) is 24.4 Å². The maximum absolute atomic E-state index is 13.1. The van der Waals surface area contributed by atoms with Crippen LogP contribution in [0.2, 0.25) is 0 Å². The van der Waals surface area contributed by atoms with E-state index in [-0.39, 0.29) is 17.5 Å². The third kappa shape index (κ3) is 5.57. The van der Waals surface area contributed by atoms with Crippen LogP contribution in [0.5, 0.6) is 5.75 Å². The molecule has 12 heteroatoms. The van der Waals surface area contributed by atoms with Crippen LogP contribution in [0.4, 0.5) is 19.1 Å². The van der Waals surface area contributed by atoms with Crippen LogP contribution in [0.3, 0.4) is 0 Å². The van der Waals surface area contributed by atoms with Crippen LogP contribution in [0.25, 0.3) is 10.9 Å². The highest BCUT2D eigenvalue weighted by molar-refractivity contribution is 6.38. The van der Waals surface area contributed by atoms with Crippen LogP contribution in [0, 0.1) is 0 Å². The number of carbonyl (C=O) groups excluding carboxylic acids is 2. The summed E-state index contributed by atoms with van der Waals surface area (Å²) in [5.74, 6) is -0.912. The van der Waals surface area contributed by atoms with E-state index >= 15 is 0 Å². The summed E-state index contributed by atoms with van der Waals surface area (Å²) in [5.41, 5.74) is -0.507. The number of pyridine rings is 1. The van der Waals surface area contributed by atoms with Gasteiger partial charge in [0.1, 0.15) is 11.2 Å². The molecule has 1 saturated carbocycles. The van der Waals surface area contributed by atoms with Crippen molar-refractivity contribution in [2.45, 2.75) is 64.1 Å². The summed E-state index contributed by atoms with van der Waals surface area (Å²) < 4.78 is 42.2. The average Bonchev–Trinajstić information content (AvgIpc) is 3.62. The largest absolute Gasteiger partial charge is 0.798 e. The Morgan fingerprint density at radius 1 is 1.17 bits per heavy atom. The number of alkyl carbamates (subject to hydrolysis) is 1. The molecule has 1 aliphatic carbocycles. The standard InChI is InChI=1S/C24H30BF2N3O6/c1-24(2,3)35-23(33)28-14-6-5-11-29(12-14)18-10-9-16-19(21(18)34-4)30(15-7-8-15)13-17(20(16)31)22(32)36-25(26)27/h9-10,13-15H,5-8,11-12H2,1-4H3,(H,28,33)/t14-/m0/s1. The van der Waals surface area contributed by atoms with Gasteiger partial charge in [-0.3, -0.25) is 4.79 Å². The number of amides is 1. The number of anilines is 1. The summed E-state index contributed by atoms with van der Waals surface area (Å²) in [6.45, 7) is 6.63. The zero-order valence-electron chi connectivity index (χ0n) is 20.8. The number of fused-ring (bicyclic) bond motifs is 1. The van der Waals surface area contributed by atoms with Gasteiger partial charge in [0.25, 0.3) is 0 Å². The lowest BCUT2D eigenvalue weighted by Gasteiger charge is -2.36. The summed E-state index contributed by atoms with van der Waals surface area (Å²) >= 11 is 0. The van der Waals surface area contributed by atoms with Gasteiger partial charge in [-0.05, 0) is 58.6 Å². The van der Waals surface area contributed by atoms with Gasteiger partial charge in [0.05, 0.1) is 23.7 Å². The van der Waals surface area contributed by atoms with E-state index in [9.17, 15) is 23.0 Å². The Bertz CT molecular complexity index is 1230. The molecule has 4 rings (SSSR count). The van der Waals surface area contributed by atoms with E-state index in [1.54, 1.807) is 37.5 Å². The molecule has 1 atom stereocenters. The van der Waals surface area contributed by atoms with E-state index in [2.05, 4.69) is 14.9 Å². The molecule has 0 bridgehead atoms. The molecule has 9 nitrogen and oxygen atoms in total. The summed E-state index contributed by atoms with van der Waals surface area (Å²) in [4.78, 5) is 39.7. The lowest BCUT2D eigenvalue weighted by atomic mass is 10.0. The van der Waals surface area contributed by atoms with Crippen LogP contribution < -0.4 is 20.4 Å². The Kier molecular flexibility index (Phi) is 7.15. The highest BCUT2D eigenvalue weighted by Gasteiger charge is 2.32. The molecule has 36 heavy (non-hydrogen) atoms. The number of ether oxygens (including phenoxy) is 2. The number of benzene rings is 1. The zero-order chi connectivity index (χ0) is 26.2. The predicted octanol–water partition coefficient (Wildman–Crippen LogP) is 3.92. The molecule has 2 aliphatic rings. The molecule has 0 radical (unpaired) electrons.